The molecular weight excluding hydrogens is 385 g/mol. The van der Waals surface area contributed by atoms with Crippen LogP contribution in [-0.4, -0.2) is 42.0 Å². The molecule has 2 aliphatic rings. The molecule has 156 valence electrons. The Morgan fingerprint density at radius 3 is 2.50 bits per heavy atom. The third-order valence-corrected chi connectivity index (χ3v) is 5.88. The lowest BCUT2D eigenvalue weighted by molar-refractivity contribution is -0.140. The molecule has 0 aromatic heterocycles. The lowest BCUT2D eigenvalue weighted by Gasteiger charge is -2.25. The highest BCUT2D eigenvalue weighted by molar-refractivity contribution is 6.46. The number of halogens is 1. The summed E-state index contributed by atoms with van der Waals surface area (Å²) in [5, 5.41) is 11.1. The van der Waals surface area contributed by atoms with E-state index in [9.17, 15) is 19.1 Å². The first-order chi connectivity index (χ1) is 14.5. The Labute approximate surface area is 174 Å². The number of rotatable bonds is 5. The molecule has 1 saturated heterocycles. The first kappa shape index (κ1) is 20.3. The zero-order chi connectivity index (χ0) is 21.3. The molecule has 1 aliphatic heterocycles. The van der Waals surface area contributed by atoms with Crippen molar-refractivity contribution in [3.8, 4) is 0 Å². The monoisotopic (exact) mass is 409 g/mol. The number of likely N-dealkylation sites (tertiary alicyclic amines) is 1. The second-order valence-corrected chi connectivity index (χ2v) is 7.73. The summed E-state index contributed by atoms with van der Waals surface area (Å²) in [4.78, 5) is 27.0. The number of methoxy groups -OCH3 is 1. The third kappa shape index (κ3) is 3.63. The molecule has 0 saturated carbocycles. The molecule has 30 heavy (non-hydrogen) atoms. The van der Waals surface area contributed by atoms with Crippen LogP contribution in [0.5, 0.6) is 0 Å². The zero-order valence-corrected chi connectivity index (χ0v) is 16.9. The maximum absolute atomic E-state index is 13.5. The van der Waals surface area contributed by atoms with E-state index < -0.39 is 23.5 Å². The van der Waals surface area contributed by atoms with Crippen molar-refractivity contribution in [2.75, 3.05) is 20.3 Å². The highest BCUT2D eigenvalue weighted by Gasteiger charge is 2.45. The molecule has 1 amide bonds. The SMILES string of the molecule is COCCN1C(=O)C(=O)/C(=C(\O)c2ccc3c(c2)CCCC3)C1c1ccc(F)cc1. The second kappa shape index (κ2) is 8.40. The molecule has 2 aromatic rings. The Balaban J connectivity index is 1.82. The summed E-state index contributed by atoms with van der Waals surface area (Å²) < 4.78 is 18.6. The fourth-order valence-electron chi connectivity index (χ4n) is 4.33. The molecule has 1 unspecified atom stereocenters. The van der Waals surface area contributed by atoms with E-state index in [1.54, 1.807) is 6.07 Å². The number of amides is 1. The van der Waals surface area contributed by atoms with E-state index in [-0.39, 0.29) is 24.5 Å². The molecule has 6 heteroatoms. The predicted molar refractivity (Wildman–Crippen MR) is 110 cm³/mol. The molecule has 5 nitrogen and oxygen atoms in total. The van der Waals surface area contributed by atoms with E-state index in [0.717, 1.165) is 31.2 Å². The van der Waals surface area contributed by atoms with E-state index >= 15 is 0 Å². The zero-order valence-electron chi connectivity index (χ0n) is 16.9. The normalized spacial score (nSPS) is 20.5. The standard InChI is InChI=1S/C24H24FNO4/c1-30-13-12-26-21(16-8-10-19(25)11-9-16)20(23(28)24(26)29)22(27)18-7-6-15-4-2-3-5-17(15)14-18/h6-11,14,21,27H,2-5,12-13H2,1H3/b22-20-. The Bertz CT molecular complexity index is 1010. The first-order valence-electron chi connectivity index (χ1n) is 10.2. The lowest BCUT2D eigenvalue weighted by Crippen LogP contribution is -2.32. The number of carbonyl (C=O) groups excluding carboxylic acids is 2. The van der Waals surface area contributed by atoms with Gasteiger partial charge in [-0.15, -0.1) is 0 Å². The predicted octanol–water partition coefficient (Wildman–Crippen LogP) is 3.77. The van der Waals surface area contributed by atoms with Gasteiger partial charge in [0.05, 0.1) is 18.2 Å². The Morgan fingerprint density at radius 2 is 1.80 bits per heavy atom. The van der Waals surface area contributed by atoms with Crippen LogP contribution in [-0.2, 0) is 27.2 Å². The van der Waals surface area contributed by atoms with Gasteiger partial charge in [0.25, 0.3) is 11.7 Å². The average molecular weight is 409 g/mol. The molecule has 1 atom stereocenters. The van der Waals surface area contributed by atoms with Gasteiger partial charge in [-0.05, 0) is 60.6 Å². The van der Waals surface area contributed by atoms with Gasteiger partial charge in [-0.3, -0.25) is 9.59 Å². The average Bonchev–Trinajstić information content (AvgIpc) is 3.02. The van der Waals surface area contributed by atoms with Crippen LogP contribution < -0.4 is 0 Å². The van der Waals surface area contributed by atoms with Crippen LogP contribution in [0.25, 0.3) is 5.76 Å². The van der Waals surface area contributed by atoms with E-state index in [4.69, 9.17) is 4.74 Å². The number of hydrogen-bond acceptors (Lipinski definition) is 4. The summed E-state index contributed by atoms with van der Waals surface area (Å²) in [6.45, 7) is 0.424. The number of aliphatic hydroxyl groups excluding tert-OH is 1. The number of hydrogen-bond donors (Lipinski definition) is 1. The van der Waals surface area contributed by atoms with Gasteiger partial charge >= 0.3 is 0 Å². The maximum Gasteiger partial charge on any atom is 0.295 e. The third-order valence-electron chi connectivity index (χ3n) is 5.88. The number of aryl methyl sites for hydroxylation is 2. The van der Waals surface area contributed by atoms with Gasteiger partial charge in [0.1, 0.15) is 11.6 Å². The van der Waals surface area contributed by atoms with Crippen LogP contribution in [0.2, 0.25) is 0 Å². The number of aliphatic hydroxyl groups is 1. The van der Waals surface area contributed by atoms with Gasteiger partial charge in [-0.1, -0.05) is 24.3 Å². The van der Waals surface area contributed by atoms with Crippen LogP contribution in [0, 0.1) is 5.82 Å². The van der Waals surface area contributed by atoms with Crippen LogP contribution in [0.3, 0.4) is 0 Å². The van der Waals surface area contributed by atoms with E-state index in [2.05, 4.69) is 0 Å². The summed E-state index contributed by atoms with van der Waals surface area (Å²) in [5.41, 5.74) is 3.53. The molecule has 0 spiro atoms. The topological polar surface area (TPSA) is 66.8 Å². The van der Waals surface area contributed by atoms with Crippen molar-refractivity contribution in [3.05, 3.63) is 76.1 Å². The minimum absolute atomic E-state index is 0.0264. The highest BCUT2D eigenvalue weighted by atomic mass is 19.1. The Morgan fingerprint density at radius 1 is 1.10 bits per heavy atom. The highest BCUT2D eigenvalue weighted by Crippen LogP contribution is 2.39. The maximum atomic E-state index is 13.5. The molecule has 1 aliphatic carbocycles. The van der Waals surface area contributed by atoms with Crippen molar-refractivity contribution in [2.45, 2.75) is 31.7 Å². The van der Waals surface area contributed by atoms with Crippen molar-refractivity contribution in [3.63, 3.8) is 0 Å². The molecule has 0 radical (unpaired) electrons. The summed E-state index contributed by atoms with van der Waals surface area (Å²) in [6.07, 6.45) is 4.18. The largest absolute Gasteiger partial charge is 0.507 e. The quantitative estimate of drug-likeness (QED) is 0.464. The van der Waals surface area contributed by atoms with E-state index in [0.29, 0.717) is 11.1 Å². The lowest BCUT2D eigenvalue weighted by atomic mass is 9.88. The van der Waals surface area contributed by atoms with E-state index in [1.807, 2.05) is 12.1 Å². The van der Waals surface area contributed by atoms with Gasteiger partial charge in [0.2, 0.25) is 0 Å². The van der Waals surface area contributed by atoms with Crippen molar-refractivity contribution in [2.24, 2.45) is 0 Å². The van der Waals surface area contributed by atoms with Crippen molar-refractivity contribution in [1.29, 1.82) is 0 Å². The molecule has 0 bridgehead atoms. The number of fused-ring (bicyclic) bond motifs is 1. The Kier molecular flexibility index (Phi) is 5.68. The van der Waals surface area contributed by atoms with Gasteiger partial charge in [-0.2, -0.15) is 0 Å². The van der Waals surface area contributed by atoms with Crippen LogP contribution >= 0.6 is 0 Å². The van der Waals surface area contributed by atoms with Crippen LogP contribution in [0.4, 0.5) is 4.39 Å². The fraction of sp³-hybridized carbons (Fsp3) is 0.333. The summed E-state index contributed by atoms with van der Waals surface area (Å²) in [5.74, 6) is -2.05. The van der Waals surface area contributed by atoms with Crippen molar-refractivity contribution >= 4 is 17.4 Å². The van der Waals surface area contributed by atoms with Crippen molar-refractivity contribution < 1.29 is 23.8 Å². The number of carbonyl (C=O) groups is 2. The number of nitrogens with zero attached hydrogens (tertiary/aromatic N) is 1. The molecule has 1 N–H and O–H groups in total. The number of ether oxygens (including phenoxy) is 1. The second-order valence-electron chi connectivity index (χ2n) is 7.73. The molecule has 4 rings (SSSR count). The summed E-state index contributed by atoms with van der Waals surface area (Å²) >= 11 is 0. The van der Waals surface area contributed by atoms with Gasteiger partial charge in [-0.25, -0.2) is 4.39 Å². The molecule has 2 aromatic carbocycles. The number of benzene rings is 2. The molecular formula is C24H24FNO4. The molecule has 1 fully saturated rings. The fourth-order valence-corrected chi connectivity index (χ4v) is 4.33. The number of Topliss-reactive ketones (excluding diaryl/α,β-unsaturated/α-hetero) is 1. The smallest absolute Gasteiger partial charge is 0.295 e. The van der Waals surface area contributed by atoms with Crippen LogP contribution in [0.15, 0.2) is 48.0 Å². The van der Waals surface area contributed by atoms with Crippen molar-refractivity contribution in [1.82, 2.24) is 4.90 Å². The summed E-state index contributed by atoms with van der Waals surface area (Å²) in [7, 11) is 1.51. The van der Waals surface area contributed by atoms with Gasteiger partial charge in [0.15, 0.2) is 0 Å². The Hall–Kier alpha value is -2.99. The summed E-state index contributed by atoms with van der Waals surface area (Å²) in [6, 6.07) is 10.5. The van der Waals surface area contributed by atoms with Gasteiger partial charge < -0.3 is 14.7 Å². The minimum atomic E-state index is -0.795. The first-order valence-corrected chi connectivity index (χ1v) is 10.2. The van der Waals surface area contributed by atoms with E-state index in [1.165, 1.54) is 41.8 Å². The van der Waals surface area contributed by atoms with Crippen LogP contribution in [0.1, 0.15) is 41.1 Å². The minimum Gasteiger partial charge on any atom is -0.507 e. The van der Waals surface area contributed by atoms with Gasteiger partial charge in [0, 0.05) is 19.2 Å². The number of ketones is 1. The molecule has 1 heterocycles.